The van der Waals surface area contributed by atoms with Crippen molar-refractivity contribution in [3.63, 3.8) is 0 Å². The lowest BCUT2D eigenvalue weighted by molar-refractivity contribution is 0.0896. The van der Waals surface area contributed by atoms with Crippen molar-refractivity contribution < 1.29 is 9.53 Å². The number of carbonyl (C=O) groups excluding carboxylic acids is 1. The average Bonchev–Trinajstić information content (AvgIpc) is 2.75. The van der Waals surface area contributed by atoms with Crippen LogP contribution in [0.5, 0.6) is 0 Å². The first-order valence-corrected chi connectivity index (χ1v) is 9.18. The minimum atomic E-state index is -0.408. The van der Waals surface area contributed by atoms with Gasteiger partial charge < -0.3 is 15.0 Å². The van der Waals surface area contributed by atoms with E-state index < -0.39 is 5.56 Å². The maximum atomic E-state index is 12.5. The van der Waals surface area contributed by atoms with Crippen molar-refractivity contribution in [2.24, 2.45) is 0 Å². The Morgan fingerprint density at radius 1 is 1.14 bits per heavy atom. The summed E-state index contributed by atoms with van der Waals surface area (Å²) in [5, 5.41) is 2.82. The first-order valence-electron chi connectivity index (χ1n) is 9.18. The third-order valence-electron chi connectivity index (χ3n) is 4.55. The highest BCUT2D eigenvalue weighted by Crippen LogP contribution is 2.21. The van der Waals surface area contributed by atoms with Crippen LogP contribution in [0.2, 0.25) is 0 Å². The van der Waals surface area contributed by atoms with Gasteiger partial charge in [-0.05, 0) is 47.7 Å². The van der Waals surface area contributed by atoms with Crippen LogP contribution in [0.15, 0.2) is 71.9 Å². The van der Waals surface area contributed by atoms with E-state index in [1.807, 2.05) is 42.5 Å². The molecule has 2 N–H and O–H groups in total. The number of benzene rings is 1. The van der Waals surface area contributed by atoms with Gasteiger partial charge in [-0.1, -0.05) is 30.3 Å². The topological polar surface area (TPSA) is 84.1 Å². The molecule has 6 heteroatoms. The molecule has 0 fully saturated rings. The fourth-order valence-electron chi connectivity index (χ4n) is 3.04. The zero-order valence-electron chi connectivity index (χ0n) is 15.7. The van der Waals surface area contributed by atoms with Gasteiger partial charge in [-0.15, -0.1) is 0 Å². The minimum absolute atomic E-state index is 0.0171. The Hall–Kier alpha value is -3.25. The Balaban J connectivity index is 1.58. The zero-order chi connectivity index (χ0) is 19.8. The van der Waals surface area contributed by atoms with Crippen molar-refractivity contribution in [1.82, 2.24) is 15.3 Å². The average molecular weight is 377 g/mol. The SMILES string of the molecule is COC(CCCNC(=O)c1cc(-c2ccncc2)c[nH]c1=O)c1ccccc1. The van der Waals surface area contributed by atoms with E-state index in [0.717, 1.165) is 29.5 Å². The highest BCUT2D eigenvalue weighted by Gasteiger charge is 2.13. The van der Waals surface area contributed by atoms with E-state index in [1.165, 1.54) is 0 Å². The molecule has 0 spiro atoms. The number of nitrogens with one attached hydrogen (secondary N) is 2. The number of carbonyl (C=O) groups is 1. The van der Waals surface area contributed by atoms with Crippen LogP contribution in [0, 0.1) is 0 Å². The summed E-state index contributed by atoms with van der Waals surface area (Å²) in [6, 6.07) is 15.2. The molecule has 28 heavy (non-hydrogen) atoms. The van der Waals surface area contributed by atoms with Crippen molar-refractivity contribution in [3.05, 3.63) is 88.6 Å². The van der Waals surface area contributed by atoms with Crippen LogP contribution >= 0.6 is 0 Å². The largest absolute Gasteiger partial charge is 0.377 e. The second kappa shape index (κ2) is 9.62. The minimum Gasteiger partial charge on any atom is -0.377 e. The van der Waals surface area contributed by atoms with Crippen LogP contribution < -0.4 is 10.9 Å². The van der Waals surface area contributed by atoms with E-state index in [4.69, 9.17) is 4.74 Å². The first-order chi connectivity index (χ1) is 13.7. The molecule has 3 rings (SSSR count). The first kappa shape index (κ1) is 19.5. The fraction of sp³-hybridized carbons (Fsp3) is 0.227. The highest BCUT2D eigenvalue weighted by molar-refractivity contribution is 5.94. The number of hydrogen-bond donors (Lipinski definition) is 2. The number of pyridine rings is 2. The summed E-state index contributed by atoms with van der Waals surface area (Å²) in [5.41, 5.74) is 2.44. The Morgan fingerprint density at radius 3 is 2.61 bits per heavy atom. The van der Waals surface area contributed by atoms with Crippen molar-refractivity contribution in [2.45, 2.75) is 18.9 Å². The predicted molar refractivity (Wildman–Crippen MR) is 108 cm³/mol. The van der Waals surface area contributed by atoms with E-state index in [1.54, 1.807) is 31.8 Å². The van der Waals surface area contributed by atoms with Crippen molar-refractivity contribution in [3.8, 4) is 11.1 Å². The van der Waals surface area contributed by atoms with Crippen LogP contribution in [0.25, 0.3) is 11.1 Å². The molecule has 0 radical (unpaired) electrons. The molecule has 6 nitrogen and oxygen atoms in total. The quantitative estimate of drug-likeness (QED) is 0.590. The smallest absolute Gasteiger partial charge is 0.260 e. The Morgan fingerprint density at radius 2 is 1.89 bits per heavy atom. The molecule has 0 aliphatic carbocycles. The van der Waals surface area contributed by atoms with Gasteiger partial charge in [-0.3, -0.25) is 14.6 Å². The van der Waals surface area contributed by atoms with Crippen LogP contribution in [0.4, 0.5) is 0 Å². The molecule has 0 aliphatic rings. The van der Waals surface area contributed by atoms with Gasteiger partial charge in [0, 0.05) is 32.2 Å². The maximum Gasteiger partial charge on any atom is 0.260 e. The van der Waals surface area contributed by atoms with E-state index in [9.17, 15) is 9.59 Å². The van der Waals surface area contributed by atoms with Gasteiger partial charge in [0.2, 0.25) is 0 Å². The maximum absolute atomic E-state index is 12.5. The normalized spacial score (nSPS) is 11.8. The van der Waals surface area contributed by atoms with E-state index in [0.29, 0.717) is 6.54 Å². The number of nitrogens with zero attached hydrogens (tertiary/aromatic N) is 1. The number of aromatic nitrogens is 2. The summed E-state index contributed by atoms with van der Waals surface area (Å²) in [6.45, 7) is 0.463. The summed E-state index contributed by atoms with van der Waals surface area (Å²) in [7, 11) is 1.68. The second-order valence-corrected chi connectivity index (χ2v) is 6.40. The zero-order valence-corrected chi connectivity index (χ0v) is 15.7. The van der Waals surface area contributed by atoms with Crippen molar-refractivity contribution >= 4 is 5.91 Å². The standard InChI is InChI=1S/C22H23N3O3/c1-28-20(17-6-3-2-4-7-17)8-5-11-24-21(26)19-14-18(15-25-22(19)27)16-9-12-23-13-10-16/h2-4,6-7,9-10,12-15,20H,5,8,11H2,1H3,(H,24,26)(H,25,27). The van der Waals surface area contributed by atoms with E-state index in [-0.39, 0.29) is 17.6 Å². The lowest BCUT2D eigenvalue weighted by atomic mass is 10.0. The predicted octanol–water partition coefficient (Wildman–Crippen LogP) is 3.33. The summed E-state index contributed by atoms with van der Waals surface area (Å²) >= 11 is 0. The Labute approximate surface area is 163 Å². The summed E-state index contributed by atoms with van der Waals surface area (Å²) in [4.78, 5) is 31.1. The monoisotopic (exact) mass is 377 g/mol. The molecule has 0 aliphatic heterocycles. The number of aromatic amines is 1. The van der Waals surface area contributed by atoms with Crippen LogP contribution in [0.1, 0.15) is 34.9 Å². The van der Waals surface area contributed by atoms with Crippen LogP contribution in [-0.2, 0) is 4.74 Å². The van der Waals surface area contributed by atoms with Gasteiger partial charge in [0.25, 0.3) is 11.5 Å². The molecule has 0 saturated heterocycles. The molecule has 2 heterocycles. The van der Waals surface area contributed by atoms with E-state index in [2.05, 4.69) is 15.3 Å². The summed E-state index contributed by atoms with van der Waals surface area (Å²) in [5.74, 6) is -0.383. The number of rotatable bonds is 8. The molecule has 1 unspecified atom stereocenters. The van der Waals surface area contributed by atoms with Gasteiger partial charge >= 0.3 is 0 Å². The van der Waals surface area contributed by atoms with Gasteiger partial charge in [0.1, 0.15) is 5.56 Å². The molecule has 0 bridgehead atoms. The van der Waals surface area contributed by atoms with Crippen LogP contribution in [0.3, 0.4) is 0 Å². The van der Waals surface area contributed by atoms with Crippen molar-refractivity contribution in [2.75, 3.05) is 13.7 Å². The molecule has 0 saturated carbocycles. The molecular weight excluding hydrogens is 354 g/mol. The summed E-state index contributed by atoms with van der Waals surface area (Å²) in [6.07, 6.45) is 6.42. The van der Waals surface area contributed by atoms with Gasteiger partial charge in [-0.25, -0.2) is 0 Å². The molecule has 2 aromatic heterocycles. The Kier molecular flexibility index (Phi) is 6.70. The lowest BCUT2D eigenvalue weighted by Crippen LogP contribution is -2.30. The number of hydrogen-bond acceptors (Lipinski definition) is 4. The van der Waals surface area contributed by atoms with Gasteiger partial charge in [-0.2, -0.15) is 0 Å². The van der Waals surface area contributed by atoms with Crippen LogP contribution in [-0.4, -0.2) is 29.5 Å². The molecule has 144 valence electrons. The second-order valence-electron chi connectivity index (χ2n) is 6.40. The highest BCUT2D eigenvalue weighted by atomic mass is 16.5. The Bertz CT molecular complexity index is 956. The molecule has 1 aromatic carbocycles. The third kappa shape index (κ3) is 4.92. The molecule has 1 amide bonds. The number of H-pyrrole nitrogens is 1. The third-order valence-corrected chi connectivity index (χ3v) is 4.55. The number of amides is 1. The number of methoxy groups -OCH3 is 1. The van der Waals surface area contributed by atoms with Gasteiger partial charge in [0.15, 0.2) is 0 Å². The fourth-order valence-corrected chi connectivity index (χ4v) is 3.04. The summed E-state index contributed by atoms with van der Waals surface area (Å²) < 4.78 is 5.54. The van der Waals surface area contributed by atoms with E-state index >= 15 is 0 Å². The number of ether oxygens (including phenoxy) is 1. The van der Waals surface area contributed by atoms with Gasteiger partial charge in [0.05, 0.1) is 6.10 Å². The molecular formula is C22H23N3O3. The lowest BCUT2D eigenvalue weighted by Gasteiger charge is -2.15. The molecule has 3 aromatic rings. The molecule has 1 atom stereocenters. The van der Waals surface area contributed by atoms with Crippen molar-refractivity contribution in [1.29, 1.82) is 0 Å².